The minimum atomic E-state index is -0.261. The summed E-state index contributed by atoms with van der Waals surface area (Å²) in [6, 6.07) is 8.22. The zero-order valence-electron chi connectivity index (χ0n) is 15.6. The van der Waals surface area contributed by atoms with Crippen LogP contribution < -0.4 is 0 Å². The Kier molecular flexibility index (Phi) is 7.96. The van der Waals surface area contributed by atoms with Crippen LogP contribution in [0.25, 0.3) is 0 Å². The minimum Gasteiger partial charge on any atom is -0.469 e. The average molecular weight is 345 g/mol. The first-order valence-electron chi connectivity index (χ1n) is 9.62. The number of amides is 1. The van der Waals surface area contributed by atoms with Crippen molar-refractivity contribution in [2.24, 2.45) is 0 Å². The Labute approximate surface area is 151 Å². The van der Waals surface area contributed by atoms with Crippen LogP contribution in [0.3, 0.4) is 0 Å². The van der Waals surface area contributed by atoms with E-state index in [9.17, 15) is 9.59 Å². The van der Waals surface area contributed by atoms with Crippen molar-refractivity contribution >= 4 is 11.9 Å². The van der Waals surface area contributed by atoms with Crippen LogP contribution in [0.2, 0.25) is 0 Å². The van der Waals surface area contributed by atoms with Crippen LogP contribution in [0.4, 0.5) is 0 Å². The lowest BCUT2D eigenvalue weighted by Crippen LogP contribution is -2.42. The number of benzene rings is 1. The zero-order valence-corrected chi connectivity index (χ0v) is 15.6. The molecule has 25 heavy (non-hydrogen) atoms. The van der Waals surface area contributed by atoms with Gasteiger partial charge in [-0.2, -0.15) is 0 Å². The second-order valence-corrected chi connectivity index (χ2v) is 6.92. The Bertz CT molecular complexity index is 547. The predicted molar refractivity (Wildman–Crippen MR) is 99.6 cm³/mol. The summed E-state index contributed by atoms with van der Waals surface area (Å²) in [5.41, 5.74) is 1.99. The largest absolute Gasteiger partial charge is 0.469 e. The summed E-state index contributed by atoms with van der Waals surface area (Å²) in [5.74, 6) is -0.221. The smallest absolute Gasteiger partial charge is 0.307 e. The Morgan fingerprint density at radius 2 is 1.80 bits per heavy atom. The molecule has 0 bridgehead atoms. The first-order valence-corrected chi connectivity index (χ1v) is 9.62. The molecule has 1 aromatic rings. The number of methoxy groups -OCH3 is 1. The molecule has 138 valence electrons. The van der Waals surface area contributed by atoms with E-state index in [0.29, 0.717) is 6.54 Å². The first-order chi connectivity index (χ1) is 12.2. The van der Waals surface area contributed by atoms with Crippen LogP contribution in [0.1, 0.15) is 74.2 Å². The number of rotatable bonds is 8. The summed E-state index contributed by atoms with van der Waals surface area (Å²) in [4.78, 5) is 26.5. The van der Waals surface area contributed by atoms with E-state index in [0.717, 1.165) is 37.7 Å². The van der Waals surface area contributed by atoms with Gasteiger partial charge in [-0.3, -0.25) is 9.59 Å². The Morgan fingerprint density at radius 3 is 2.40 bits per heavy atom. The van der Waals surface area contributed by atoms with Gasteiger partial charge in [0.25, 0.3) is 5.91 Å². The number of aryl methyl sites for hydroxylation is 1. The van der Waals surface area contributed by atoms with Gasteiger partial charge in [-0.1, -0.05) is 44.7 Å². The van der Waals surface area contributed by atoms with Crippen LogP contribution in [-0.2, 0) is 16.0 Å². The van der Waals surface area contributed by atoms with E-state index < -0.39 is 0 Å². The van der Waals surface area contributed by atoms with Crippen LogP contribution in [0.5, 0.6) is 0 Å². The fourth-order valence-electron chi connectivity index (χ4n) is 3.52. The third kappa shape index (κ3) is 5.87. The van der Waals surface area contributed by atoms with Gasteiger partial charge in [0.05, 0.1) is 13.5 Å². The van der Waals surface area contributed by atoms with Crippen molar-refractivity contribution in [1.82, 2.24) is 4.90 Å². The maximum Gasteiger partial charge on any atom is 0.307 e. The average Bonchev–Trinajstić information content (AvgIpc) is 2.67. The molecule has 0 heterocycles. The Morgan fingerprint density at radius 1 is 1.12 bits per heavy atom. The molecule has 0 atom stereocenters. The maximum atomic E-state index is 13.0. The van der Waals surface area contributed by atoms with E-state index in [1.807, 2.05) is 17.0 Å². The quantitative estimate of drug-likeness (QED) is 0.657. The lowest BCUT2D eigenvalue weighted by molar-refractivity contribution is -0.140. The van der Waals surface area contributed by atoms with Crippen molar-refractivity contribution in [3.8, 4) is 0 Å². The molecule has 4 heteroatoms. The number of ether oxygens (including phenoxy) is 1. The molecule has 0 saturated heterocycles. The summed E-state index contributed by atoms with van der Waals surface area (Å²) in [5, 5.41) is 0. The van der Waals surface area contributed by atoms with E-state index >= 15 is 0 Å². The Balaban J connectivity index is 2.08. The van der Waals surface area contributed by atoms with Crippen LogP contribution in [-0.4, -0.2) is 36.5 Å². The summed E-state index contributed by atoms with van der Waals surface area (Å²) < 4.78 is 4.75. The number of nitrogens with zero attached hydrogens (tertiary/aromatic N) is 1. The van der Waals surface area contributed by atoms with Crippen molar-refractivity contribution in [2.45, 2.75) is 70.8 Å². The molecule has 1 fully saturated rings. The van der Waals surface area contributed by atoms with Gasteiger partial charge in [0.2, 0.25) is 0 Å². The number of unbranched alkanes of at least 4 members (excludes halogenated alkanes) is 1. The topological polar surface area (TPSA) is 46.6 Å². The number of hydrogen-bond donors (Lipinski definition) is 0. The third-order valence-corrected chi connectivity index (χ3v) is 5.08. The lowest BCUT2D eigenvalue weighted by atomic mass is 9.93. The molecule has 1 amide bonds. The molecule has 0 aromatic heterocycles. The number of hydrogen-bond acceptors (Lipinski definition) is 3. The molecule has 0 N–H and O–H groups in total. The Hall–Kier alpha value is -1.84. The van der Waals surface area contributed by atoms with Crippen molar-refractivity contribution in [3.63, 3.8) is 0 Å². The SMILES string of the molecule is CCCCc1ccc(C(=O)N(CCC(=O)OC)C2CCCCC2)cc1. The minimum absolute atomic E-state index is 0.0397. The van der Waals surface area contributed by atoms with Gasteiger partial charge < -0.3 is 9.64 Å². The fourth-order valence-corrected chi connectivity index (χ4v) is 3.52. The molecule has 1 saturated carbocycles. The normalized spacial score (nSPS) is 15.0. The van der Waals surface area contributed by atoms with Crippen molar-refractivity contribution < 1.29 is 14.3 Å². The summed E-state index contributed by atoms with van der Waals surface area (Å²) in [6.45, 7) is 2.62. The van der Waals surface area contributed by atoms with E-state index in [1.165, 1.54) is 31.9 Å². The molecule has 2 rings (SSSR count). The highest BCUT2D eigenvalue weighted by Crippen LogP contribution is 2.24. The second-order valence-electron chi connectivity index (χ2n) is 6.92. The molecular weight excluding hydrogens is 314 g/mol. The highest BCUT2D eigenvalue weighted by atomic mass is 16.5. The molecule has 4 nitrogen and oxygen atoms in total. The van der Waals surface area contributed by atoms with Gasteiger partial charge in [-0.25, -0.2) is 0 Å². The fraction of sp³-hybridized carbons (Fsp3) is 0.619. The van der Waals surface area contributed by atoms with E-state index in [2.05, 4.69) is 19.1 Å². The molecule has 0 spiro atoms. The van der Waals surface area contributed by atoms with Crippen LogP contribution >= 0.6 is 0 Å². The van der Waals surface area contributed by atoms with Crippen molar-refractivity contribution in [2.75, 3.05) is 13.7 Å². The van der Waals surface area contributed by atoms with E-state index in [1.54, 1.807) is 0 Å². The summed E-state index contributed by atoms with van der Waals surface area (Å²) in [7, 11) is 1.39. The molecule has 0 aliphatic heterocycles. The highest BCUT2D eigenvalue weighted by molar-refractivity contribution is 5.94. The number of carbonyl (C=O) groups excluding carboxylic acids is 2. The van der Waals surface area contributed by atoms with Gasteiger partial charge in [0.1, 0.15) is 0 Å². The second kappa shape index (κ2) is 10.2. The number of carbonyl (C=O) groups is 2. The molecule has 0 radical (unpaired) electrons. The van der Waals surface area contributed by atoms with Gasteiger partial charge in [-0.05, 0) is 43.4 Å². The molecule has 0 unspecified atom stereocenters. The van der Waals surface area contributed by atoms with E-state index in [-0.39, 0.29) is 24.3 Å². The van der Waals surface area contributed by atoms with Crippen LogP contribution in [0, 0.1) is 0 Å². The molecule has 1 aromatic carbocycles. The van der Waals surface area contributed by atoms with Crippen molar-refractivity contribution in [3.05, 3.63) is 35.4 Å². The maximum absolute atomic E-state index is 13.0. The molecular formula is C21H31NO3. The first kappa shape index (κ1) is 19.5. The zero-order chi connectivity index (χ0) is 18.1. The standard InChI is InChI=1S/C21H31NO3/c1-3-4-8-17-11-13-18(14-12-17)21(24)22(16-15-20(23)25-2)19-9-6-5-7-10-19/h11-14,19H,3-10,15-16H2,1-2H3. The monoisotopic (exact) mass is 345 g/mol. The van der Waals surface area contributed by atoms with Gasteiger partial charge in [0, 0.05) is 18.2 Å². The van der Waals surface area contributed by atoms with Crippen LogP contribution in [0.15, 0.2) is 24.3 Å². The van der Waals surface area contributed by atoms with Gasteiger partial charge in [-0.15, -0.1) is 0 Å². The number of esters is 1. The molecule has 1 aliphatic carbocycles. The summed E-state index contributed by atoms with van der Waals surface area (Å²) in [6.07, 6.45) is 9.26. The third-order valence-electron chi connectivity index (χ3n) is 5.08. The highest BCUT2D eigenvalue weighted by Gasteiger charge is 2.26. The molecule has 1 aliphatic rings. The lowest BCUT2D eigenvalue weighted by Gasteiger charge is -2.34. The van der Waals surface area contributed by atoms with Gasteiger partial charge in [0.15, 0.2) is 0 Å². The van der Waals surface area contributed by atoms with Gasteiger partial charge >= 0.3 is 5.97 Å². The predicted octanol–water partition coefficient (Wildman–Crippen LogP) is 4.37. The summed E-state index contributed by atoms with van der Waals surface area (Å²) >= 11 is 0. The van der Waals surface area contributed by atoms with Crippen molar-refractivity contribution in [1.29, 1.82) is 0 Å². The van der Waals surface area contributed by atoms with E-state index in [4.69, 9.17) is 4.74 Å².